The molecule has 3 N–H and O–H groups in total. The molecular formula is C14H23ClN2O2S. The molecule has 1 atom stereocenters. The molecular weight excluding hydrogens is 296 g/mol. The van der Waals surface area contributed by atoms with Crippen molar-refractivity contribution in [3.63, 3.8) is 0 Å². The third-order valence-corrected chi connectivity index (χ3v) is 3.51. The van der Waals surface area contributed by atoms with Crippen LogP contribution in [0.1, 0.15) is 17.5 Å². The molecule has 0 aromatic heterocycles. The van der Waals surface area contributed by atoms with Gasteiger partial charge in [0.15, 0.2) is 0 Å². The van der Waals surface area contributed by atoms with Crippen molar-refractivity contribution in [1.82, 2.24) is 5.32 Å². The van der Waals surface area contributed by atoms with Crippen molar-refractivity contribution in [2.75, 3.05) is 19.1 Å². The monoisotopic (exact) mass is 318 g/mol. The van der Waals surface area contributed by atoms with Crippen LogP contribution in [0.15, 0.2) is 18.2 Å². The van der Waals surface area contributed by atoms with E-state index in [1.807, 2.05) is 31.4 Å². The first-order valence-electron chi connectivity index (χ1n) is 6.24. The average molecular weight is 319 g/mol. The van der Waals surface area contributed by atoms with Gasteiger partial charge in [-0.05, 0) is 37.0 Å². The molecule has 0 aliphatic rings. The molecule has 1 aromatic carbocycles. The minimum absolute atomic E-state index is 0. The lowest BCUT2D eigenvalue weighted by atomic mass is 10.1. The zero-order valence-electron chi connectivity index (χ0n) is 12.1. The van der Waals surface area contributed by atoms with Gasteiger partial charge in [0.05, 0.1) is 13.2 Å². The van der Waals surface area contributed by atoms with Crippen LogP contribution in [0.2, 0.25) is 0 Å². The van der Waals surface area contributed by atoms with Gasteiger partial charge >= 0.3 is 0 Å². The van der Waals surface area contributed by atoms with Crippen LogP contribution in [0.25, 0.3) is 0 Å². The Morgan fingerprint density at radius 1 is 1.50 bits per heavy atom. The van der Waals surface area contributed by atoms with E-state index in [1.165, 1.54) is 0 Å². The molecule has 0 spiro atoms. The number of methoxy groups -OCH3 is 1. The topological polar surface area (TPSA) is 64.3 Å². The number of hydrogen-bond acceptors (Lipinski definition) is 4. The summed E-state index contributed by atoms with van der Waals surface area (Å²) >= 11 is 1.69. The second kappa shape index (κ2) is 9.91. The summed E-state index contributed by atoms with van der Waals surface area (Å²) in [6.07, 6.45) is 2.69. The van der Waals surface area contributed by atoms with Gasteiger partial charge in [0.1, 0.15) is 5.75 Å². The predicted octanol–water partition coefficient (Wildman–Crippen LogP) is 2.12. The van der Waals surface area contributed by atoms with Gasteiger partial charge in [-0.15, -0.1) is 12.4 Å². The summed E-state index contributed by atoms with van der Waals surface area (Å²) in [6.45, 7) is 2.44. The molecule has 1 aromatic rings. The van der Waals surface area contributed by atoms with E-state index in [1.54, 1.807) is 18.9 Å². The van der Waals surface area contributed by atoms with Crippen molar-refractivity contribution in [1.29, 1.82) is 0 Å². The van der Waals surface area contributed by atoms with Crippen molar-refractivity contribution in [2.45, 2.75) is 25.9 Å². The van der Waals surface area contributed by atoms with Gasteiger partial charge in [0.2, 0.25) is 5.91 Å². The van der Waals surface area contributed by atoms with E-state index in [-0.39, 0.29) is 18.3 Å². The number of nitrogens with one attached hydrogen (secondary N) is 1. The number of amides is 1. The smallest absolute Gasteiger partial charge is 0.237 e. The van der Waals surface area contributed by atoms with Crippen LogP contribution in [0.4, 0.5) is 0 Å². The molecule has 0 aliphatic heterocycles. The van der Waals surface area contributed by atoms with E-state index in [2.05, 4.69) is 5.32 Å². The summed E-state index contributed by atoms with van der Waals surface area (Å²) in [7, 11) is 1.63. The lowest BCUT2D eigenvalue weighted by Crippen LogP contribution is -2.40. The Morgan fingerprint density at radius 2 is 2.20 bits per heavy atom. The van der Waals surface area contributed by atoms with E-state index >= 15 is 0 Å². The number of rotatable bonds is 7. The van der Waals surface area contributed by atoms with Crippen LogP contribution in [-0.2, 0) is 11.3 Å². The Balaban J connectivity index is 0.00000361. The maximum atomic E-state index is 11.8. The third kappa shape index (κ3) is 6.03. The van der Waals surface area contributed by atoms with Gasteiger partial charge in [0, 0.05) is 12.1 Å². The van der Waals surface area contributed by atoms with Crippen LogP contribution in [0.5, 0.6) is 5.75 Å². The molecule has 0 aliphatic carbocycles. The van der Waals surface area contributed by atoms with E-state index in [9.17, 15) is 4.79 Å². The molecule has 1 amide bonds. The first-order valence-corrected chi connectivity index (χ1v) is 7.63. The minimum atomic E-state index is -0.441. The Hall–Kier alpha value is -0.910. The molecule has 0 heterocycles. The number of halogens is 1. The largest absolute Gasteiger partial charge is 0.496 e. The fourth-order valence-electron chi connectivity index (χ4n) is 1.69. The lowest BCUT2D eigenvalue weighted by molar-refractivity contribution is -0.122. The molecule has 0 saturated carbocycles. The standard InChI is InChI=1S/C14H22N2O2S.ClH/c1-10-4-5-11(13(8-10)18-2)9-16-14(17)12(15)6-7-19-3;/h4-5,8,12H,6-7,9,15H2,1-3H3,(H,16,17);1H/t12-;/m0./s1. The molecule has 0 saturated heterocycles. The lowest BCUT2D eigenvalue weighted by Gasteiger charge is -2.13. The predicted molar refractivity (Wildman–Crippen MR) is 87.8 cm³/mol. The second-order valence-electron chi connectivity index (χ2n) is 4.42. The molecule has 4 nitrogen and oxygen atoms in total. The van der Waals surface area contributed by atoms with Gasteiger partial charge < -0.3 is 15.8 Å². The number of aryl methyl sites for hydroxylation is 1. The Kier molecular flexibility index (Phi) is 9.46. The SMILES string of the molecule is COc1cc(C)ccc1CNC(=O)[C@@H](N)CCSC.Cl. The van der Waals surface area contributed by atoms with E-state index in [0.29, 0.717) is 13.0 Å². The summed E-state index contributed by atoms with van der Waals surface area (Å²) < 4.78 is 5.30. The molecule has 6 heteroatoms. The second-order valence-corrected chi connectivity index (χ2v) is 5.41. The van der Waals surface area contributed by atoms with Crippen molar-refractivity contribution in [3.05, 3.63) is 29.3 Å². The fourth-order valence-corrected chi connectivity index (χ4v) is 2.18. The van der Waals surface area contributed by atoms with E-state index in [0.717, 1.165) is 22.6 Å². The van der Waals surface area contributed by atoms with E-state index < -0.39 is 6.04 Å². The van der Waals surface area contributed by atoms with Crippen molar-refractivity contribution in [2.24, 2.45) is 5.73 Å². The maximum Gasteiger partial charge on any atom is 0.237 e. The zero-order chi connectivity index (χ0) is 14.3. The highest BCUT2D eigenvalue weighted by Crippen LogP contribution is 2.19. The number of benzene rings is 1. The quantitative estimate of drug-likeness (QED) is 0.808. The van der Waals surface area contributed by atoms with Crippen LogP contribution in [0, 0.1) is 6.92 Å². The summed E-state index contributed by atoms with van der Waals surface area (Å²) in [5, 5.41) is 2.85. The number of nitrogens with two attached hydrogens (primary N) is 1. The minimum Gasteiger partial charge on any atom is -0.496 e. The summed E-state index contributed by atoms with van der Waals surface area (Å²) in [5.74, 6) is 1.57. The Bertz CT molecular complexity index is 430. The fraction of sp³-hybridized carbons (Fsp3) is 0.500. The van der Waals surface area contributed by atoms with Crippen LogP contribution in [0.3, 0.4) is 0 Å². The molecule has 1 rings (SSSR count). The van der Waals surface area contributed by atoms with Crippen molar-refractivity contribution < 1.29 is 9.53 Å². The van der Waals surface area contributed by atoms with Gasteiger partial charge in [-0.1, -0.05) is 12.1 Å². The highest BCUT2D eigenvalue weighted by Gasteiger charge is 2.13. The number of carbonyl (C=O) groups is 1. The van der Waals surface area contributed by atoms with Crippen molar-refractivity contribution in [3.8, 4) is 5.75 Å². The van der Waals surface area contributed by atoms with Gasteiger partial charge in [-0.3, -0.25) is 4.79 Å². The highest BCUT2D eigenvalue weighted by atomic mass is 35.5. The molecule has 20 heavy (non-hydrogen) atoms. The highest BCUT2D eigenvalue weighted by molar-refractivity contribution is 7.98. The average Bonchev–Trinajstić information content (AvgIpc) is 2.42. The number of ether oxygens (including phenoxy) is 1. The van der Waals surface area contributed by atoms with Gasteiger partial charge in [-0.2, -0.15) is 11.8 Å². The number of thioether (sulfide) groups is 1. The maximum absolute atomic E-state index is 11.8. The van der Waals surface area contributed by atoms with Crippen LogP contribution >= 0.6 is 24.2 Å². The normalized spacial score (nSPS) is 11.4. The van der Waals surface area contributed by atoms with Crippen LogP contribution in [-0.4, -0.2) is 31.1 Å². The molecule has 0 bridgehead atoms. The molecule has 0 radical (unpaired) electrons. The number of carbonyl (C=O) groups excluding carboxylic acids is 1. The molecule has 0 unspecified atom stereocenters. The van der Waals surface area contributed by atoms with Gasteiger partial charge in [-0.25, -0.2) is 0 Å². The summed E-state index contributed by atoms with van der Waals surface area (Å²) in [5.41, 5.74) is 7.89. The third-order valence-electron chi connectivity index (χ3n) is 2.87. The number of hydrogen-bond donors (Lipinski definition) is 2. The molecule has 114 valence electrons. The summed E-state index contributed by atoms with van der Waals surface area (Å²) in [4.78, 5) is 11.8. The molecule has 0 fully saturated rings. The van der Waals surface area contributed by atoms with Crippen LogP contribution < -0.4 is 15.8 Å². The van der Waals surface area contributed by atoms with E-state index in [4.69, 9.17) is 10.5 Å². The first kappa shape index (κ1) is 19.1. The van der Waals surface area contributed by atoms with Crippen molar-refractivity contribution >= 4 is 30.1 Å². The first-order chi connectivity index (χ1) is 9.08. The Morgan fingerprint density at radius 3 is 2.80 bits per heavy atom. The van der Waals surface area contributed by atoms with Gasteiger partial charge in [0.25, 0.3) is 0 Å². The summed E-state index contributed by atoms with van der Waals surface area (Å²) in [6, 6.07) is 5.47. The zero-order valence-corrected chi connectivity index (χ0v) is 13.8. The Labute approximate surface area is 131 Å².